The van der Waals surface area contributed by atoms with E-state index < -0.39 is 0 Å². The first-order valence-corrected chi connectivity index (χ1v) is 6.17. The molecule has 0 aliphatic carbocycles. The predicted octanol–water partition coefficient (Wildman–Crippen LogP) is 2.11. The number of hydrogen-bond acceptors (Lipinski definition) is 2. The molecule has 0 heterocycles. The molecule has 0 fully saturated rings. The van der Waals surface area contributed by atoms with Crippen LogP contribution in [-0.4, -0.2) is 37.1 Å². The summed E-state index contributed by atoms with van der Waals surface area (Å²) in [5.74, 6) is 2.72. The number of rotatable bonds is 9. The number of nitrogens with zero attached hydrogens (tertiary/aromatic N) is 1. The van der Waals surface area contributed by atoms with Crippen molar-refractivity contribution in [1.82, 2.24) is 10.2 Å². The number of hydrogen-bond donors (Lipinski definition) is 1. The molecule has 0 radical (unpaired) electrons. The van der Waals surface area contributed by atoms with E-state index >= 15 is 0 Å². The van der Waals surface area contributed by atoms with E-state index in [-0.39, 0.29) is 0 Å². The van der Waals surface area contributed by atoms with Gasteiger partial charge in [0.05, 0.1) is 0 Å². The lowest BCUT2D eigenvalue weighted by Crippen LogP contribution is -2.34. The number of nitrogens with one attached hydrogen (secondary N) is 1. The van der Waals surface area contributed by atoms with Crippen LogP contribution in [0.5, 0.6) is 0 Å². The second-order valence-corrected chi connectivity index (χ2v) is 3.81. The van der Waals surface area contributed by atoms with Gasteiger partial charge in [-0.15, -0.1) is 12.3 Å². The van der Waals surface area contributed by atoms with Crippen LogP contribution in [0.25, 0.3) is 0 Å². The Bertz CT molecular complexity index is 168. The van der Waals surface area contributed by atoms with Gasteiger partial charge in [-0.2, -0.15) is 0 Å². The Hall–Kier alpha value is -0.520. The molecule has 0 aliphatic rings. The molecule has 1 unspecified atom stereocenters. The third-order valence-corrected chi connectivity index (χ3v) is 2.82. The van der Waals surface area contributed by atoms with E-state index in [0.29, 0.717) is 6.04 Å². The minimum absolute atomic E-state index is 0.589. The van der Waals surface area contributed by atoms with Crippen LogP contribution in [0, 0.1) is 12.3 Å². The minimum Gasteiger partial charge on any atom is -0.314 e. The maximum absolute atomic E-state index is 5.29. The molecule has 88 valence electrons. The molecule has 1 N–H and O–H groups in total. The van der Waals surface area contributed by atoms with Crippen molar-refractivity contribution in [3.63, 3.8) is 0 Å². The van der Waals surface area contributed by atoms with Gasteiger partial charge in [0.15, 0.2) is 0 Å². The Kier molecular flexibility index (Phi) is 9.67. The van der Waals surface area contributed by atoms with Crippen molar-refractivity contribution in [3.05, 3.63) is 0 Å². The third kappa shape index (κ3) is 7.41. The van der Waals surface area contributed by atoms with Gasteiger partial charge in [-0.25, -0.2) is 0 Å². The van der Waals surface area contributed by atoms with Crippen molar-refractivity contribution in [2.24, 2.45) is 0 Å². The molecule has 0 spiro atoms. The second-order valence-electron chi connectivity index (χ2n) is 3.81. The maximum atomic E-state index is 5.29. The van der Waals surface area contributed by atoms with Gasteiger partial charge in [0.1, 0.15) is 0 Å². The van der Waals surface area contributed by atoms with Crippen molar-refractivity contribution in [1.29, 1.82) is 0 Å². The van der Waals surface area contributed by atoms with Crippen LogP contribution < -0.4 is 5.32 Å². The van der Waals surface area contributed by atoms with Gasteiger partial charge in [-0.05, 0) is 39.0 Å². The van der Waals surface area contributed by atoms with Crippen LogP contribution in [0.4, 0.5) is 0 Å². The predicted molar refractivity (Wildman–Crippen MR) is 67.9 cm³/mol. The van der Waals surface area contributed by atoms with Crippen LogP contribution in [0.1, 0.15) is 40.0 Å². The molecule has 0 bridgehead atoms. The van der Waals surface area contributed by atoms with E-state index in [4.69, 9.17) is 6.42 Å². The lowest BCUT2D eigenvalue weighted by molar-refractivity contribution is 0.278. The molecular weight excluding hydrogens is 184 g/mol. The molecule has 15 heavy (non-hydrogen) atoms. The summed E-state index contributed by atoms with van der Waals surface area (Å²) in [5.41, 5.74) is 0. The summed E-state index contributed by atoms with van der Waals surface area (Å²) < 4.78 is 0. The average molecular weight is 210 g/mol. The van der Waals surface area contributed by atoms with Crippen LogP contribution in [0.15, 0.2) is 0 Å². The van der Waals surface area contributed by atoms with Gasteiger partial charge in [0, 0.05) is 12.5 Å². The fourth-order valence-electron chi connectivity index (χ4n) is 1.77. The summed E-state index contributed by atoms with van der Waals surface area (Å²) in [6.45, 7) is 11.1. The smallest absolute Gasteiger partial charge is 0.0101 e. The van der Waals surface area contributed by atoms with Crippen LogP contribution in [0.2, 0.25) is 0 Å². The highest BCUT2D eigenvalue weighted by atomic mass is 15.1. The van der Waals surface area contributed by atoms with Crippen molar-refractivity contribution in [2.45, 2.75) is 46.1 Å². The zero-order chi connectivity index (χ0) is 11.5. The number of terminal acetylenes is 1. The molecule has 0 aromatic heterocycles. The zero-order valence-electron chi connectivity index (χ0n) is 10.6. The molecule has 0 aromatic carbocycles. The van der Waals surface area contributed by atoms with Crippen molar-refractivity contribution in [2.75, 3.05) is 26.2 Å². The van der Waals surface area contributed by atoms with Crippen LogP contribution >= 0.6 is 0 Å². The summed E-state index contributed by atoms with van der Waals surface area (Å²) in [6.07, 6.45) is 8.49. The molecule has 0 rings (SSSR count). The molecule has 0 amide bonds. The molecular formula is C13H26N2. The van der Waals surface area contributed by atoms with E-state index in [1.165, 1.54) is 13.0 Å². The average Bonchev–Trinajstić information content (AvgIpc) is 2.27. The molecule has 0 saturated heterocycles. The van der Waals surface area contributed by atoms with Crippen LogP contribution in [-0.2, 0) is 0 Å². The molecule has 1 atom stereocenters. The normalized spacial score (nSPS) is 12.7. The highest BCUT2D eigenvalue weighted by Gasteiger charge is 2.08. The summed E-state index contributed by atoms with van der Waals surface area (Å²) in [6, 6.07) is 0.589. The van der Waals surface area contributed by atoms with Gasteiger partial charge in [0.2, 0.25) is 0 Å². The molecule has 2 nitrogen and oxygen atoms in total. The van der Waals surface area contributed by atoms with Gasteiger partial charge in [0.25, 0.3) is 0 Å². The lowest BCUT2D eigenvalue weighted by atomic mass is 10.1. The molecule has 2 heteroatoms. The highest BCUT2D eigenvalue weighted by molar-refractivity contribution is 4.85. The zero-order valence-corrected chi connectivity index (χ0v) is 10.6. The summed E-state index contributed by atoms with van der Waals surface area (Å²) >= 11 is 0. The molecule has 0 aromatic rings. The summed E-state index contributed by atoms with van der Waals surface area (Å²) in [7, 11) is 0. The third-order valence-electron chi connectivity index (χ3n) is 2.82. The van der Waals surface area contributed by atoms with Gasteiger partial charge >= 0.3 is 0 Å². The lowest BCUT2D eigenvalue weighted by Gasteiger charge is -2.22. The van der Waals surface area contributed by atoms with E-state index in [1.807, 2.05) is 0 Å². The second kappa shape index (κ2) is 10.0. The van der Waals surface area contributed by atoms with E-state index in [9.17, 15) is 0 Å². The first kappa shape index (κ1) is 14.5. The fraction of sp³-hybridized carbons (Fsp3) is 0.846. The SMILES string of the molecule is C#CCCC(CCN(CC)CC)NCC. The van der Waals surface area contributed by atoms with Gasteiger partial charge in [-0.1, -0.05) is 20.8 Å². The highest BCUT2D eigenvalue weighted by Crippen LogP contribution is 2.03. The van der Waals surface area contributed by atoms with Gasteiger partial charge in [-0.3, -0.25) is 0 Å². The quantitative estimate of drug-likeness (QED) is 0.586. The largest absolute Gasteiger partial charge is 0.314 e. The summed E-state index contributed by atoms with van der Waals surface area (Å²) in [5, 5.41) is 3.50. The van der Waals surface area contributed by atoms with E-state index in [2.05, 4.69) is 36.9 Å². The Balaban J connectivity index is 3.78. The maximum Gasteiger partial charge on any atom is 0.0101 e. The van der Waals surface area contributed by atoms with Crippen molar-refractivity contribution < 1.29 is 0 Å². The first-order chi connectivity index (χ1) is 7.28. The van der Waals surface area contributed by atoms with Gasteiger partial charge < -0.3 is 10.2 Å². The standard InChI is InChI=1S/C13H26N2/c1-5-9-10-13(14-6-2)11-12-15(7-3)8-4/h1,13-14H,6-12H2,2-4H3. The first-order valence-electron chi connectivity index (χ1n) is 6.17. The van der Waals surface area contributed by atoms with Crippen molar-refractivity contribution in [3.8, 4) is 12.3 Å². The Labute approximate surface area is 95.4 Å². The van der Waals surface area contributed by atoms with Crippen molar-refractivity contribution >= 4 is 0 Å². The fourth-order valence-corrected chi connectivity index (χ4v) is 1.77. The minimum atomic E-state index is 0.589. The Morgan fingerprint density at radius 3 is 2.33 bits per heavy atom. The van der Waals surface area contributed by atoms with Crippen LogP contribution in [0.3, 0.4) is 0 Å². The molecule has 0 saturated carbocycles. The molecule has 0 aliphatic heterocycles. The topological polar surface area (TPSA) is 15.3 Å². The van der Waals surface area contributed by atoms with E-state index in [1.54, 1.807) is 0 Å². The summed E-state index contributed by atoms with van der Waals surface area (Å²) in [4.78, 5) is 2.46. The Morgan fingerprint density at radius 2 is 1.87 bits per heavy atom. The Morgan fingerprint density at radius 1 is 1.20 bits per heavy atom. The van der Waals surface area contributed by atoms with E-state index in [0.717, 1.165) is 32.5 Å². The monoisotopic (exact) mass is 210 g/mol.